The Kier molecular flexibility index (Phi) is 3.70. The smallest absolute Gasteiger partial charge is 0.413 e. The third-order valence-corrected chi connectivity index (χ3v) is 2.14. The number of ether oxygens (including phenoxy) is 1. The van der Waals surface area contributed by atoms with Crippen LogP contribution in [0.4, 0.5) is 10.6 Å². The predicted octanol–water partition coefficient (Wildman–Crippen LogP) is 1.52. The zero-order valence-corrected chi connectivity index (χ0v) is 9.42. The molecular weight excluding hydrogens is 234 g/mol. The number of benzene rings is 1. The highest BCUT2D eigenvalue weighted by molar-refractivity contribution is 5.82. The summed E-state index contributed by atoms with van der Waals surface area (Å²) in [6.45, 7) is 0.136. The summed E-state index contributed by atoms with van der Waals surface area (Å²) in [5, 5.41) is 2.26. The van der Waals surface area contributed by atoms with Gasteiger partial charge in [0.15, 0.2) is 0 Å². The monoisotopic (exact) mass is 245 g/mol. The molecular formula is C12H11N3O3. The molecule has 0 aliphatic heterocycles. The van der Waals surface area contributed by atoms with Gasteiger partial charge in [-0.15, -0.1) is 0 Å². The van der Waals surface area contributed by atoms with E-state index in [1.54, 1.807) is 0 Å². The zero-order valence-electron chi connectivity index (χ0n) is 9.42. The maximum atomic E-state index is 11.4. The first kappa shape index (κ1) is 11.8. The van der Waals surface area contributed by atoms with Gasteiger partial charge in [-0.25, -0.2) is 9.78 Å². The summed E-state index contributed by atoms with van der Waals surface area (Å²) in [4.78, 5) is 28.8. The molecule has 6 nitrogen and oxygen atoms in total. The highest BCUT2D eigenvalue weighted by Crippen LogP contribution is 2.01. The number of carbonyl (C=O) groups excluding carboxylic acids is 1. The number of nitrogens with zero attached hydrogens (tertiary/aromatic N) is 1. The Morgan fingerprint density at radius 2 is 2.11 bits per heavy atom. The van der Waals surface area contributed by atoms with Crippen LogP contribution in [0.3, 0.4) is 0 Å². The zero-order chi connectivity index (χ0) is 12.8. The van der Waals surface area contributed by atoms with Crippen LogP contribution in [-0.2, 0) is 11.3 Å². The number of nitrogens with one attached hydrogen (secondary N) is 2. The third-order valence-electron chi connectivity index (χ3n) is 2.14. The average Bonchev–Trinajstić information content (AvgIpc) is 2.40. The molecule has 1 aromatic carbocycles. The quantitative estimate of drug-likeness (QED) is 0.858. The Morgan fingerprint density at radius 1 is 1.33 bits per heavy atom. The predicted molar refractivity (Wildman–Crippen MR) is 65.1 cm³/mol. The summed E-state index contributed by atoms with van der Waals surface area (Å²) in [6, 6.07) is 9.23. The van der Waals surface area contributed by atoms with Crippen molar-refractivity contribution in [3.05, 3.63) is 58.6 Å². The van der Waals surface area contributed by atoms with Gasteiger partial charge in [-0.1, -0.05) is 30.3 Å². The molecule has 2 N–H and O–H groups in total. The second kappa shape index (κ2) is 5.62. The van der Waals surface area contributed by atoms with Crippen molar-refractivity contribution in [2.45, 2.75) is 6.61 Å². The van der Waals surface area contributed by atoms with Crippen LogP contribution in [0.5, 0.6) is 0 Å². The van der Waals surface area contributed by atoms with E-state index in [0.717, 1.165) is 5.56 Å². The van der Waals surface area contributed by atoms with Crippen molar-refractivity contribution in [3.63, 3.8) is 0 Å². The number of carbonyl (C=O) groups is 1. The molecule has 0 saturated carbocycles. The molecule has 0 spiro atoms. The minimum absolute atomic E-state index is 0.0874. The fraction of sp³-hybridized carbons (Fsp3) is 0.0833. The van der Waals surface area contributed by atoms with Gasteiger partial charge in [-0.2, -0.15) is 0 Å². The first-order chi connectivity index (χ1) is 8.75. The lowest BCUT2D eigenvalue weighted by Gasteiger charge is -2.05. The molecule has 2 rings (SSSR count). The van der Waals surface area contributed by atoms with E-state index >= 15 is 0 Å². The van der Waals surface area contributed by atoms with Crippen molar-refractivity contribution in [2.75, 3.05) is 5.32 Å². The number of H-pyrrole nitrogens is 1. The summed E-state index contributed by atoms with van der Waals surface area (Å²) in [7, 11) is 0. The van der Waals surface area contributed by atoms with Crippen molar-refractivity contribution >= 4 is 11.9 Å². The van der Waals surface area contributed by atoms with Crippen LogP contribution in [0.1, 0.15) is 5.56 Å². The topological polar surface area (TPSA) is 84.1 Å². The molecule has 0 aliphatic rings. The minimum atomic E-state index is -0.719. The molecule has 0 saturated heterocycles. The number of anilines is 1. The van der Waals surface area contributed by atoms with Gasteiger partial charge in [-0.05, 0) is 5.56 Å². The lowest BCUT2D eigenvalue weighted by atomic mass is 10.2. The first-order valence-electron chi connectivity index (χ1n) is 5.27. The van der Waals surface area contributed by atoms with Gasteiger partial charge in [-0.3, -0.25) is 10.1 Å². The standard InChI is InChI=1S/C12H11N3O3/c16-11-10(13-6-7-14-11)15-12(17)18-8-9-4-2-1-3-5-9/h1-7H,8H2,(H,14,16)(H,13,15,17). The van der Waals surface area contributed by atoms with Gasteiger partial charge in [0.1, 0.15) is 6.61 Å². The van der Waals surface area contributed by atoms with E-state index in [1.807, 2.05) is 30.3 Å². The highest BCUT2D eigenvalue weighted by atomic mass is 16.5. The molecule has 0 bridgehead atoms. The second-order valence-corrected chi connectivity index (χ2v) is 3.45. The van der Waals surface area contributed by atoms with Crippen LogP contribution in [0.25, 0.3) is 0 Å². The van der Waals surface area contributed by atoms with Crippen molar-refractivity contribution in [3.8, 4) is 0 Å². The van der Waals surface area contributed by atoms with Gasteiger partial charge in [0.05, 0.1) is 0 Å². The second-order valence-electron chi connectivity index (χ2n) is 3.45. The van der Waals surface area contributed by atoms with Gasteiger partial charge >= 0.3 is 6.09 Å². The lowest BCUT2D eigenvalue weighted by molar-refractivity contribution is 0.155. The molecule has 0 aliphatic carbocycles. The highest BCUT2D eigenvalue weighted by Gasteiger charge is 2.07. The Balaban J connectivity index is 1.90. The first-order valence-corrected chi connectivity index (χ1v) is 5.27. The van der Waals surface area contributed by atoms with Crippen LogP contribution in [0, 0.1) is 0 Å². The molecule has 92 valence electrons. The number of hydrogen-bond donors (Lipinski definition) is 2. The average molecular weight is 245 g/mol. The summed E-state index contributed by atoms with van der Waals surface area (Å²) in [5.41, 5.74) is 0.386. The van der Waals surface area contributed by atoms with Crippen LogP contribution in [0.2, 0.25) is 0 Å². The van der Waals surface area contributed by atoms with Crippen LogP contribution < -0.4 is 10.9 Å². The number of amides is 1. The molecule has 1 heterocycles. The van der Waals surface area contributed by atoms with Crippen molar-refractivity contribution in [2.24, 2.45) is 0 Å². The Labute approximate surface area is 103 Å². The summed E-state index contributed by atoms with van der Waals surface area (Å²) in [5.74, 6) is -0.0874. The van der Waals surface area contributed by atoms with E-state index in [0.29, 0.717) is 0 Å². The van der Waals surface area contributed by atoms with Crippen molar-refractivity contribution in [1.29, 1.82) is 0 Å². The van der Waals surface area contributed by atoms with Gasteiger partial charge in [0.25, 0.3) is 5.56 Å². The maximum absolute atomic E-state index is 11.4. The summed E-state index contributed by atoms with van der Waals surface area (Å²) >= 11 is 0. The van der Waals surface area contributed by atoms with Crippen LogP contribution in [0.15, 0.2) is 47.5 Å². The Morgan fingerprint density at radius 3 is 2.83 bits per heavy atom. The van der Waals surface area contributed by atoms with Gasteiger partial charge in [0, 0.05) is 12.4 Å². The molecule has 2 aromatic rings. The van der Waals surface area contributed by atoms with E-state index in [1.165, 1.54) is 12.4 Å². The molecule has 0 atom stereocenters. The van der Waals surface area contributed by atoms with E-state index in [-0.39, 0.29) is 12.4 Å². The lowest BCUT2D eigenvalue weighted by Crippen LogP contribution is -2.21. The largest absolute Gasteiger partial charge is 0.444 e. The molecule has 0 radical (unpaired) electrons. The Bertz CT molecular complexity index is 580. The fourth-order valence-electron chi connectivity index (χ4n) is 1.30. The van der Waals surface area contributed by atoms with E-state index in [2.05, 4.69) is 15.3 Å². The fourth-order valence-corrected chi connectivity index (χ4v) is 1.30. The molecule has 1 amide bonds. The Hall–Kier alpha value is -2.63. The molecule has 0 fully saturated rings. The van der Waals surface area contributed by atoms with Crippen molar-refractivity contribution < 1.29 is 9.53 Å². The maximum Gasteiger partial charge on any atom is 0.413 e. The molecule has 6 heteroatoms. The number of hydrogen-bond acceptors (Lipinski definition) is 4. The van der Waals surface area contributed by atoms with Crippen LogP contribution in [-0.4, -0.2) is 16.1 Å². The number of aromatic amines is 1. The molecule has 0 unspecified atom stereocenters. The van der Waals surface area contributed by atoms with Crippen molar-refractivity contribution in [1.82, 2.24) is 9.97 Å². The normalized spacial score (nSPS) is 9.78. The summed E-state index contributed by atoms with van der Waals surface area (Å²) in [6.07, 6.45) is 2.03. The van der Waals surface area contributed by atoms with E-state index < -0.39 is 11.7 Å². The van der Waals surface area contributed by atoms with E-state index in [9.17, 15) is 9.59 Å². The SMILES string of the molecule is O=C(Nc1ncc[nH]c1=O)OCc1ccccc1. The number of rotatable bonds is 3. The summed E-state index contributed by atoms with van der Waals surface area (Å²) < 4.78 is 4.94. The molecule has 1 aromatic heterocycles. The van der Waals surface area contributed by atoms with Gasteiger partial charge in [0.2, 0.25) is 5.82 Å². The van der Waals surface area contributed by atoms with E-state index in [4.69, 9.17) is 4.74 Å². The van der Waals surface area contributed by atoms with Crippen LogP contribution >= 0.6 is 0 Å². The molecule has 18 heavy (non-hydrogen) atoms. The number of aromatic nitrogens is 2. The minimum Gasteiger partial charge on any atom is -0.444 e. The third kappa shape index (κ3) is 3.18. The van der Waals surface area contributed by atoms with Gasteiger partial charge < -0.3 is 9.72 Å².